The van der Waals surface area contributed by atoms with Crippen LogP contribution in [0.25, 0.3) is 0 Å². The highest BCUT2D eigenvalue weighted by Gasteiger charge is 2.30. The number of hydrogen-bond donors (Lipinski definition) is 1. The number of carbonyl (C=O) groups is 1. The van der Waals surface area contributed by atoms with Crippen LogP contribution in [0, 0.1) is 0 Å². The zero-order valence-electron chi connectivity index (χ0n) is 13.6. The van der Waals surface area contributed by atoms with Crippen LogP contribution in [0.15, 0.2) is 24.3 Å². The second kappa shape index (κ2) is 8.00. The van der Waals surface area contributed by atoms with Crippen LogP contribution in [0.4, 0.5) is 5.69 Å². The molecule has 5 nitrogen and oxygen atoms in total. The fourth-order valence-corrected chi connectivity index (χ4v) is 1.64. The van der Waals surface area contributed by atoms with Crippen molar-refractivity contribution in [2.24, 2.45) is 0 Å². The molecule has 1 N–H and O–H groups in total. The Kier molecular flexibility index (Phi) is 6.65. The van der Waals surface area contributed by atoms with Crippen molar-refractivity contribution in [3.8, 4) is 5.75 Å². The lowest BCUT2D eigenvalue weighted by molar-refractivity contribution is -0.136. The summed E-state index contributed by atoms with van der Waals surface area (Å²) in [6, 6.07) is 7.35. The number of nitrogens with one attached hydrogen (secondary N) is 1. The highest BCUT2D eigenvalue weighted by Crippen LogP contribution is 2.20. The Morgan fingerprint density at radius 1 is 1.29 bits per heavy atom. The van der Waals surface area contributed by atoms with Gasteiger partial charge in [-0.1, -0.05) is 6.92 Å². The van der Waals surface area contributed by atoms with Gasteiger partial charge in [-0.3, -0.25) is 4.79 Å². The lowest BCUT2D eigenvalue weighted by Crippen LogP contribution is -2.41. The number of likely N-dealkylation sites (N-methyl/N-ethyl adjacent to an activating group) is 1. The summed E-state index contributed by atoms with van der Waals surface area (Å²) in [5.41, 5.74) is -0.0716. The van der Waals surface area contributed by atoms with Gasteiger partial charge < -0.3 is 19.7 Å². The highest BCUT2D eigenvalue weighted by atomic mass is 16.5. The SMILES string of the molecule is CCC(C)(OC)C(=O)Nc1ccc(OCCN(C)C)cc1. The van der Waals surface area contributed by atoms with Crippen LogP contribution < -0.4 is 10.1 Å². The third-order valence-electron chi connectivity index (χ3n) is 3.52. The van der Waals surface area contributed by atoms with Crippen LogP contribution in [-0.4, -0.2) is 50.8 Å². The summed E-state index contributed by atoms with van der Waals surface area (Å²) < 4.78 is 10.9. The minimum absolute atomic E-state index is 0.145. The van der Waals surface area contributed by atoms with Crippen molar-refractivity contribution in [1.82, 2.24) is 4.90 Å². The Hall–Kier alpha value is -1.59. The molecule has 0 aliphatic carbocycles. The quantitative estimate of drug-likeness (QED) is 0.800. The molecule has 0 fully saturated rings. The first-order chi connectivity index (χ1) is 9.91. The van der Waals surface area contributed by atoms with Crippen LogP contribution in [0.5, 0.6) is 5.75 Å². The van der Waals surface area contributed by atoms with Gasteiger partial charge >= 0.3 is 0 Å². The van der Waals surface area contributed by atoms with Crippen LogP contribution in [0.3, 0.4) is 0 Å². The summed E-state index contributed by atoms with van der Waals surface area (Å²) >= 11 is 0. The second-order valence-electron chi connectivity index (χ2n) is 5.42. The molecule has 0 saturated carbocycles. The lowest BCUT2D eigenvalue weighted by Gasteiger charge is -2.25. The van der Waals surface area contributed by atoms with Crippen molar-refractivity contribution in [1.29, 1.82) is 0 Å². The van der Waals surface area contributed by atoms with E-state index in [4.69, 9.17) is 9.47 Å². The number of amides is 1. The molecule has 1 unspecified atom stereocenters. The molecule has 1 aromatic carbocycles. The van der Waals surface area contributed by atoms with E-state index >= 15 is 0 Å². The standard InChI is InChI=1S/C16H26N2O3/c1-6-16(2,20-5)15(19)17-13-7-9-14(10-8-13)21-12-11-18(3)4/h7-10H,6,11-12H2,1-5H3,(H,17,19). The zero-order chi connectivity index (χ0) is 15.9. The summed E-state index contributed by atoms with van der Waals surface area (Å²) in [7, 11) is 5.55. The average Bonchev–Trinajstić information content (AvgIpc) is 2.47. The van der Waals surface area contributed by atoms with E-state index in [1.807, 2.05) is 45.3 Å². The van der Waals surface area contributed by atoms with Gasteiger partial charge in [-0.05, 0) is 51.7 Å². The molecule has 0 spiro atoms. The molecule has 5 heteroatoms. The largest absolute Gasteiger partial charge is 0.492 e. The second-order valence-corrected chi connectivity index (χ2v) is 5.42. The van der Waals surface area contributed by atoms with Gasteiger partial charge in [-0.25, -0.2) is 0 Å². The molecule has 0 aliphatic rings. The molecule has 0 heterocycles. The van der Waals surface area contributed by atoms with Gasteiger partial charge in [0.25, 0.3) is 5.91 Å². The van der Waals surface area contributed by atoms with E-state index in [0.29, 0.717) is 13.0 Å². The first-order valence-corrected chi connectivity index (χ1v) is 7.15. The summed E-state index contributed by atoms with van der Waals surface area (Å²) in [4.78, 5) is 14.2. The summed E-state index contributed by atoms with van der Waals surface area (Å²) in [6.07, 6.45) is 0.612. The third-order valence-corrected chi connectivity index (χ3v) is 3.52. The average molecular weight is 294 g/mol. The van der Waals surface area contributed by atoms with Crippen molar-refractivity contribution in [2.75, 3.05) is 39.7 Å². The predicted octanol–water partition coefficient (Wildman–Crippen LogP) is 2.38. The van der Waals surface area contributed by atoms with Crippen molar-refractivity contribution in [3.63, 3.8) is 0 Å². The molecule has 21 heavy (non-hydrogen) atoms. The topological polar surface area (TPSA) is 50.8 Å². The van der Waals surface area contributed by atoms with E-state index in [2.05, 4.69) is 10.2 Å². The van der Waals surface area contributed by atoms with Gasteiger partial charge in [-0.2, -0.15) is 0 Å². The fourth-order valence-electron chi connectivity index (χ4n) is 1.64. The van der Waals surface area contributed by atoms with E-state index < -0.39 is 5.60 Å². The summed E-state index contributed by atoms with van der Waals surface area (Å²) in [5.74, 6) is 0.647. The van der Waals surface area contributed by atoms with Gasteiger partial charge in [0, 0.05) is 19.3 Å². The molecule has 0 aromatic heterocycles. The van der Waals surface area contributed by atoms with Gasteiger partial charge in [-0.15, -0.1) is 0 Å². The van der Waals surface area contributed by atoms with Gasteiger partial charge in [0.15, 0.2) is 0 Å². The Morgan fingerprint density at radius 2 is 1.90 bits per heavy atom. The van der Waals surface area contributed by atoms with Crippen molar-refractivity contribution < 1.29 is 14.3 Å². The van der Waals surface area contributed by atoms with E-state index in [-0.39, 0.29) is 5.91 Å². The molecule has 0 saturated heterocycles. The number of hydrogen-bond acceptors (Lipinski definition) is 4. The molecule has 0 radical (unpaired) electrons. The molecule has 0 aliphatic heterocycles. The molecule has 1 atom stereocenters. The van der Waals surface area contributed by atoms with Gasteiger partial charge in [0.05, 0.1) is 0 Å². The van der Waals surface area contributed by atoms with Crippen LogP contribution in [-0.2, 0) is 9.53 Å². The maximum Gasteiger partial charge on any atom is 0.256 e. The molecule has 0 bridgehead atoms. The Bertz CT molecular complexity index is 439. The minimum atomic E-state index is -0.805. The van der Waals surface area contributed by atoms with Gasteiger partial charge in [0.1, 0.15) is 18.0 Å². The van der Waals surface area contributed by atoms with E-state index in [0.717, 1.165) is 18.0 Å². The monoisotopic (exact) mass is 294 g/mol. The third kappa shape index (κ3) is 5.36. The van der Waals surface area contributed by atoms with Crippen LogP contribution in [0.1, 0.15) is 20.3 Å². The lowest BCUT2D eigenvalue weighted by atomic mass is 10.0. The Labute approximate surface area is 127 Å². The maximum atomic E-state index is 12.2. The van der Waals surface area contributed by atoms with Crippen molar-refractivity contribution in [3.05, 3.63) is 24.3 Å². The van der Waals surface area contributed by atoms with E-state index in [1.165, 1.54) is 0 Å². The minimum Gasteiger partial charge on any atom is -0.492 e. The smallest absolute Gasteiger partial charge is 0.256 e. The summed E-state index contributed by atoms with van der Waals surface area (Å²) in [6.45, 7) is 5.20. The number of methoxy groups -OCH3 is 1. The normalized spacial score (nSPS) is 13.8. The van der Waals surface area contributed by atoms with Gasteiger partial charge in [0.2, 0.25) is 0 Å². The highest BCUT2D eigenvalue weighted by molar-refractivity contribution is 5.97. The maximum absolute atomic E-state index is 12.2. The first kappa shape index (κ1) is 17.5. The summed E-state index contributed by atoms with van der Waals surface area (Å²) in [5, 5.41) is 2.86. The molecule has 1 rings (SSSR count). The number of carbonyl (C=O) groups excluding carboxylic acids is 1. The Balaban J connectivity index is 2.56. The van der Waals surface area contributed by atoms with E-state index in [1.54, 1.807) is 14.0 Å². The van der Waals surface area contributed by atoms with Crippen LogP contribution in [0.2, 0.25) is 0 Å². The molecule has 1 amide bonds. The molecular weight excluding hydrogens is 268 g/mol. The fraction of sp³-hybridized carbons (Fsp3) is 0.562. The number of nitrogens with zero attached hydrogens (tertiary/aromatic N) is 1. The molecular formula is C16H26N2O3. The molecule has 118 valence electrons. The predicted molar refractivity (Wildman–Crippen MR) is 84.8 cm³/mol. The number of ether oxygens (including phenoxy) is 2. The Morgan fingerprint density at radius 3 is 2.38 bits per heavy atom. The number of benzene rings is 1. The molecule has 1 aromatic rings. The van der Waals surface area contributed by atoms with Crippen molar-refractivity contribution >= 4 is 11.6 Å². The first-order valence-electron chi connectivity index (χ1n) is 7.15. The van der Waals surface area contributed by atoms with Crippen LogP contribution >= 0.6 is 0 Å². The number of anilines is 1. The number of rotatable bonds is 8. The van der Waals surface area contributed by atoms with Crippen molar-refractivity contribution in [2.45, 2.75) is 25.9 Å². The van der Waals surface area contributed by atoms with E-state index in [9.17, 15) is 4.79 Å². The zero-order valence-corrected chi connectivity index (χ0v) is 13.6.